The van der Waals surface area contributed by atoms with Gasteiger partial charge in [0, 0.05) is 25.2 Å². The van der Waals surface area contributed by atoms with Crippen LogP contribution in [0.15, 0.2) is 48.5 Å². The van der Waals surface area contributed by atoms with Crippen LogP contribution in [0, 0.1) is 5.82 Å². The van der Waals surface area contributed by atoms with Gasteiger partial charge in [0.15, 0.2) is 0 Å². The lowest BCUT2D eigenvalue weighted by Gasteiger charge is -2.25. The minimum atomic E-state index is -1.08. The van der Waals surface area contributed by atoms with Crippen molar-refractivity contribution in [3.05, 3.63) is 71.0 Å². The molecule has 2 aromatic rings. The van der Waals surface area contributed by atoms with Crippen molar-refractivity contribution in [3.8, 4) is 0 Å². The molecule has 0 fully saturated rings. The molecule has 132 valence electrons. The van der Waals surface area contributed by atoms with Gasteiger partial charge in [0.1, 0.15) is 5.82 Å². The van der Waals surface area contributed by atoms with Gasteiger partial charge in [0.05, 0.1) is 5.56 Å². The van der Waals surface area contributed by atoms with E-state index < -0.39 is 5.97 Å². The van der Waals surface area contributed by atoms with Gasteiger partial charge in [-0.3, -0.25) is 4.79 Å². The normalized spacial score (nSPS) is 10.7. The fraction of sp³-hybridized carbons (Fsp3) is 0.263. The van der Waals surface area contributed by atoms with E-state index in [0.29, 0.717) is 25.2 Å². The molecule has 0 unspecified atom stereocenters. The van der Waals surface area contributed by atoms with Crippen LogP contribution in [0.2, 0.25) is 0 Å². The molecule has 0 heterocycles. The SMILES string of the molecule is CN(C)CCN(Cc1ccc(F)cc1)C(=O)c1cccc(C(=O)O)c1. The predicted molar refractivity (Wildman–Crippen MR) is 93.1 cm³/mol. The quantitative estimate of drug-likeness (QED) is 0.839. The van der Waals surface area contributed by atoms with Crippen LogP contribution in [-0.2, 0) is 6.54 Å². The number of aromatic carboxylic acids is 1. The Morgan fingerprint density at radius 3 is 2.24 bits per heavy atom. The van der Waals surface area contributed by atoms with Crippen LogP contribution < -0.4 is 0 Å². The van der Waals surface area contributed by atoms with E-state index in [1.165, 1.54) is 24.3 Å². The van der Waals surface area contributed by atoms with Gasteiger partial charge < -0.3 is 14.9 Å². The maximum Gasteiger partial charge on any atom is 0.335 e. The van der Waals surface area contributed by atoms with Crippen molar-refractivity contribution in [1.29, 1.82) is 0 Å². The molecule has 0 saturated carbocycles. The molecule has 0 spiro atoms. The predicted octanol–water partition coefficient (Wildman–Crippen LogP) is 2.73. The highest BCUT2D eigenvalue weighted by Crippen LogP contribution is 2.13. The molecule has 0 aliphatic carbocycles. The van der Waals surface area contributed by atoms with E-state index in [-0.39, 0.29) is 17.3 Å². The summed E-state index contributed by atoms with van der Waals surface area (Å²) < 4.78 is 13.1. The van der Waals surface area contributed by atoms with E-state index in [2.05, 4.69) is 0 Å². The van der Waals surface area contributed by atoms with Crippen molar-refractivity contribution in [2.24, 2.45) is 0 Å². The molecule has 0 aliphatic heterocycles. The third-order valence-electron chi connectivity index (χ3n) is 3.75. The van der Waals surface area contributed by atoms with Gasteiger partial charge in [-0.2, -0.15) is 0 Å². The van der Waals surface area contributed by atoms with E-state index in [9.17, 15) is 14.0 Å². The van der Waals surface area contributed by atoms with Crippen LogP contribution in [0.4, 0.5) is 4.39 Å². The number of nitrogens with zero attached hydrogens (tertiary/aromatic N) is 2. The lowest BCUT2D eigenvalue weighted by Crippen LogP contribution is -2.36. The molecule has 0 radical (unpaired) electrons. The Kier molecular flexibility index (Phi) is 6.25. The minimum absolute atomic E-state index is 0.0696. The van der Waals surface area contributed by atoms with Gasteiger partial charge in [-0.05, 0) is 50.0 Å². The number of hydrogen-bond acceptors (Lipinski definition) is 3. The van der Waals surface area contributed by atoms with E-state index in [1.54, 1.807) is 29.2 Å². The van der Waals surface area contributed by atoms with Crippen LogP contribution in [0.1, 0.15) is 26.3 Å². The summed E-state index contributed by atoms with van der Waals surface area (Å²) in [4.78, 5) is 27.6. The van der Waals surface area contributed by atoms with Crippen molar-refractivity contribution in [2.75, 3.05) is 27.2 Å². The first-order valence-electron chi connectivity index (χ1n) is 7.88. The molecular weight excluding hydrogens is 323 g/mol. The Bertz CT molecular complexity index is 745. The Balaban J connectivity index is 2.24. The number of rotatable bonds is 7. The molecule has 0 bridgehead atoms. The molecule has 0 atom stereocenters. The van der Waals surface area contributed by atoms with Crippen molar-refractivity contribution < 1.29 is 19.1 Å². The molecule has 2 rings (SSSR count). The van der Waals surface area contributed by atoms with Gasteiger partial charge >= 0.3 is 5.97 Å². The highest BCUT2D eigenvalue weighted by atomic mass is 19.1. The monoisotopic (exact) mass is 344 g/mol. The summed E-state index contributed by atoms with van der Waals surface area (Å²) >= 11 is 0. The largest absolute Gasteiger partial charge is 0.478 e. The molecular formula is C19H21FN2O3. The van der Waals surface area contributed by atoms with Gasteiger partial charge in [0.25, 0.3) is 5.91 Å². The Morgan fingerprint density at radius 1 is 1.00 bits per heavy atom. The Morgan fingerprint density at radius 2 is 1.64 bits per heavy atom. The molecule has 25 heavy (non-hydrogen) atoms. The van der Waals surface area contributed by atoms with Gasteiger partial charge in [-0.25, -0.2) is 9.18 Å². The van der Waals surface area contributed by atoms with E-state index in [1.807, 2.05) is 19.0 Å². The Hall–Kier alpha value is -2.73. The maximum atomic E-state index is 13.1. The number of carbonyl (C=O) groups excluding carboxylic acids is 1. The summed E-state index contributed by atoms with van der Waals surface area (Å²) in [5, 5.41) is 9.10. The minimum Gasteiger partial charge on any atom is -0.478 e. The van der Waals surface area contributed by atoms with Crippen molar-refractivity contribution in [2.45, 2.75) is 6.54 Å². The molecule has 0 saturated heterocycles. The lowest BCUT2D eigenvalue weighted by molar-refractivity contribution is 0.0697. The number of amides is 1. The van der Waals surface area contributed by atoms with Crippen LogP contribution in [-0.4, -0.2) is 54.0 Å². The van der Waals surface area contributed by atoms with Crippen molar-refractivity contribution in [3.63, 3.8) is 0 Å². The first-order valence-corrected chi connectivity index (χ1v) is 7.88. The molecule has 0 aromatic heterocycles. The fourth-order valence-corrected chi connectivity index (χ4v) is 2.35. The standard InChI is InChI=1S/C19H21FN2O3/c1-21(2)10-11-22(13-14-6-8-17(20)9-7-14)18(23)15-4-3-5-16(12-15)19(24)25/h3-9,12H,10-11,13H2,1-2H3,(H,24,25). The lowest BCUT2D eigenvalue weighted by atomic mass is 10.1. The fourth-order valence-electron chi connectivity index (χ4n) is 2.35. The second kappa shape index (κ2) is 8.39. The highest BCUT2D eigenvalue weighted by molar-refractivity contribution is 5.97. The topological polar surface area (TPSA) is 60.9 Å². The van der Waals surface area contributed by atoms with E-state index >= 15 is 0 Å². The molecule has 0 aliphatic rings. The number of carboxylic acids is 1. The number of halogens is 1. The van der Waals surface area contributed by atoms with Crippen LogP contribution in [0.5, 0.6) is 0 Å². The summed E-state index contributed by atoms with van der Waals surface area (Å²) in [6, 6.07) is 12.0. The molecule has 1 N–H and O–H groups in total. The summed E-state index contributed by atoms with van der Waals surface area (Å²) in [6.45, 7) is 1.45. The second-order valence-electron chi connectivity index (χ2n) is 6.04. The number of carbonyl (C=O) groups is 2. The van der Waals surface area contributed by atoms with Crippen LogP contribution in [0.25, 0.3) is 0 Å². The van der Waals surface area contributed by atoms with Crippen LogP contribution >= 0.6 is 0 Å². The number of hydrogen-bond donors (Lipinski definition) is 1. The number of benzene rings is 2. The first kappa shape index (κ1) is 18.6. The zero-order valence-corrected chi connectivity index (χ0v) is 14.3. The summed E-state index contributed by atoms with van der Waals surface area (Å²) in [7, 11) is 3.82. The Labute approximate surface area is 146 Å². The molecule has 2 aromatic carbocycles. The zero-order chi connectivity index (χ0) is 18.4. The zero-order valence-electron chi connectivity index (χ0n) is 14.3. The van der Waals surface area contributed by atoms with E-state index in [4.69, 9.17) is 5.11 Å². The van der Waals surface area contributed by atoms with E-state index in [0.717, 1.165) is 5.56 Å². The number of likely N-dealkylation sites (N-methyl/N-ethyl adjacent to an activating group) is 1. The summed E-state index contributed by atoms with van der Waals surface area (Å²) in [5.41, 5.74) is 1.20. The smallest absolute Gasteiger partial charge is 0.335 e. The average Bonchev–Trinajstić information content (AvgIpc) is 2.59. The van der Waals surface area contributed by atoms with Crippen LogP contribution in [0.3, 0.4) is 0 Å². The van der Waals surface area contributed by atoms with Gasteiger partial charge in [0.2, 0.25) is 0 Å². The average molecular weight is 344 g/mol. The van der Waals surface area contributed by atoms with Crippen molar-refractivity contribution in [1.82, 2.24) is 9.80 Å². The third kappa shape index (κ3) is 5.39. The van der Waals surface area contributed by atoms with Crippen molar-refractivity contribution >= 4 is 11.9 Å². The molecule has 1 amide bonds. The molecule has 5 nitrogen and oxygen atoms in total. The first-order chi connectivity index (χ1) is 11.9. The summed E-state index contributed by atoms with van der Waals surface area (Å²) in [5.74, 6) is -1.66. The van der Waals surface area contributed by atoms with Gasteiger partial charge in [-0.15, -0.1) is 0 Å². The third-order valence-corrected chi connectivity index (χ3v) is 3.75. The number of carboxylic acid groups (broad SMARTS) is 1. The van der Waals surface area contributed by atoms with Gasteiger partial charge in [-0.1, -0.05) is 18.2 Å². The maximum absolute atomic E-state index is 13.1. The summed E-state index contributed by atoms with van der Waals surface area (Å²) in [6.07, 6.45) is 0. The molecule has 6 heteroatoms. The highest BCUT2D eigenvalue weighted by Gasteiger charge is 2.18. The second-order valence-corrected chi connectivity index (χ2v) is 6.04.